The Labute approximate surface area is 730 Å². The predicted molar refractivity (Wildman–Crippen MR) is 458 cm³/mol. The predicted octanol–water partition coefficient (Wildman–Crippen LogP) is 4.16. The second kappa shape index (κ2) is 53.6. The molecule has 0 aromatic rings. The first-order valence-electron chi connectivity index (χ1n) is 45.7. The minimum atomic E-state index is -1.59. The number of nitrogens with two attached hydrogens (primary N) is 2. The summed E-state index contributed by atoms with van der Waals surface area (Å²) in [6, 6.07) is -0.219. The Morgan fingerprint density at radius 2 is 1.20 bits per heavy atom. The molecular weight excluding hydrogens is 1600 g/mol. The number of nitrogens with zero attached hydrogens (tertiary/aromatic N) is 2. The van der Waals surface area contributed by atoms with Crippen LogP contribution < -0.4 is 11.5 Å². The number of unbranched alkanes of at least 4 members (excludes halogenated alkanes) is 1. The number of rotatable bonds is 18. The molecule has 5 saturated heterocycles. The van der Waals surface area contributed by atoms with E-state index in [1.165, 1.54) is 13.2 Å². The van der Waals surface area contributed by atoms with Crippen molar-refractivity contribution in [1.29, 1.82) is 0 Å². The molecular formula is C90H164N4O29. The Kier molecular flexibility index (Phi) is 47.9. The molecule has 16 unspecified atom stereocenters. The molecule has 6 heterocycles. The zero-order valence-electron chi connectivity index (χ0n) is 76.6. The van der Waals surface area contributed by atoms with Gasteiger partial charge < -0.3 is 145 Å². The van der Waals surface area contributed by atoms with E-state index < -0.39 is 219 Å². The van der Waals surface area contributed by atoms with Gasteiger partial charge in [-0.15, -0.1) is 0 Å². The summed E-state index contributed by atoms with van der Waals surface area (Å²) < 4.78 is 60.7. The van der Waals surface area contributed by atoms with Crippen LogP contribution >= 0.6 is 0 Å². The van der Waals surface area contributed by atoms with Crippen molar-refractivity contribution in [3.05, 3.63) is 23.3 Å². The van der Waals surface area contributed by atoms with Crippen LogP contribution in [0.25, 0.3) is 0 Å². The summed E-state index contributed by atoms with van der Waals surface area (Å²) in [5.41, 5.74) is 11.3. The van der Waals surface area contributed by atoms with Gasteiger partial charge in [-0.25, -0.2) is 0 Å². The highest BCUT2D eigenvalue weighted by molar-refractivity contribution is 5.92. The zero-order valence-corrected chi connectivity index (χ0v) is 76.6. The number of guanidine groups is 1. The van der Waals surface area contributed by atoms with Crippen molar-refractivity contribution in [3.8, 4) is 0 Å². The Morgan fingerprint density at radius 1 is 0.602 bits per heavy atom. The van der Waals surface area contributed by atoms with Gasteiger partial charge in [0, 0.05) is 62.1 Å². The molecule has 718 valence electrons. The van der Waals surface area contributed by atoms with Gasteiger partial charge in [-0.1, -0.05) is 92.4 Å². The van der Waals surface area contributed by atoms with E-state index >= 15 is 0 Å². The maximum atomic E-state index is 14.2. The van der Waals surface area contributed by atoms with Crippen LogP contribution in [0.3, 0.4) is 0 Å². The third-order valence-corrected chi connectivity index (χ3v) is 26.6. The smallest absolute Gasteiger partial charge is 0.311 e. The number of hydrogen-bond donors (Lipinski definition) is 18. The monoisotopic (exact) mass is 1770 g/mol. The molecule has 0 aromatic carbocycles. The molecule has 0 aliphatic carbocycles. The number of aliphatic hydroxyl groups is 16. The number of aliphatic imine (C=N–C) groups is 1. The number of ketones is 1. The zero-order chi connectivity index (χ0) is 92.2. The van der Waals surface area contributed by atoms with Gasteiger partial charge in [0.15, 0.2) is 36.2 Å². The topological polar surface area (TPSA) is 538 Å². The number of carbonyl (C=O) groups excluding carboxylic acids is 3. The normalized spacial score (nSPS) is 43.1. The van der Waals surface area contributed by atoms with Crippen molar-refractivity contribution in [2.24, 2.45) is 69.7 Å². The summed E-state index contributed by atoms with van der Waals surface area (Å²) in [7, 11) is 5.32. The van der Waals surface area contributed by atoms with Crippen molar-refractivity contribution < 1.29 is 143 Å². The number of ether oxygens (including phenoxy) is 10. The molecule has 5 fully saturated rings. The summed E-state index contributed by atoms with van der Waals surface area (Å²) in [5.74, 6) is -6.38. The van der Waals surface area contributed by atoms with Crippen molar-refractivity contribution >= 4 is 23.7 Å². The van der Waals surface area contributed by atoms with Crippen molar-refractivity contribution in [1.82, 2.24) is 4.90 Å². The second-order valence-corrected chi connectivity index (χ2v) is 37.5. The van der Waals surface area contributed by atoms with Crippen molar-refractivity contribution in [3.63, 3.8) is 0 Å². The molecule has 123 heavy (non-hydrogen) atoms. The number of cyclic esters (lactones) is 2. The van der Waals surface area contributed by atoms with E-state index in [0.717, 1.165) is 12.0 Å². The molecule has 6 aliphatic heterocycles. The molecule has 0 saturated carbocycles. The Bertz CT molecular complexity index is 3120. The van der Waals surface area contributed by atoms with E-state index in [9.17, 15) is 96.1 Å². The molecule has 1 spiro atoms. The second-order valence-electron chi connectivity index (χ2n) is 37.5. The first-order valence-corrected chi connectivity index (χ1v) is 45.7. The number of hydrogen-bond acceptors (Lipinski definition) is 31. The van der Waals surface area contributed by atoms with Gasteiger partial charge in [-0.05, 0) is 195 Å². The van der Waals surface area contributed by atoms with Crippen LogP contribution in [0.15, 0.2) is 28.3 Å². The van der Waals surface area contributed by atoms with E-state index in [0.29, 0.717) is 115 Å². The molecule has 6 rings (SSSR count). The number of carbonyl (C=O) groups is 3. The number of likely N-dealkylation sites (N-methyl/N-ethyl adjacent to an activating group) is 1. The Morgan fingerprint density at radius 3 is 1.80 bits per heavy atom. The minimum absolute atomic E-state index is 0.0266. The van der Waals surface area contributed by atoms with Gasteiger partial charge >= 0.3 is 11.9 Å². The number of aliphatic hydroxyl groups excluding tert-OH is 16. The highest BCUT2D eigenvalue weighted by Crippen LogP contribution is 2.44. The summed E-state index contributed by atoms with van der Waals surface area (Å²) in [5, 5.41) is 175. The van der Waals surface area contributed by atoms with Crippen molar-refractivity contribution in [2.75, 3.05) is 41.0 Å². The highest BCUT2D eigenvalue weighted by atomic mass is 16.7. The van der Waals surface area contributed by atoms with E-state index in [-0.39, 0.29) is 93.2 Å². The summed E-state index contributed by atoms with van der Waals surface area (Å²) >= 11 is 0. The van der Waals surface area contributed by atoms with Gasteiger partial charge in [-0.3, -0.25) is 19.4 Å². The first-order chi connectivity index (χ1) is 57.8. The maximum absolute atomic E-state index is 14.2. The summed E-state index contributed by atoms with van der Waals surface area (Å²) in [6.45, 7) is 25.5. The Hall–Kier alpha value is -3.64. The fourth-order valence-corrected chi connectivity index (χ4v) is 18.2. The fraction of sp³-hybridized carbons (Fsp3) is 0.911. The van der Waals surface area contributed by atoms with E-state index in [1.54, 1.807) is 41.5 Å². The van der Waals surface area contributed by atoms with E-state index in [4.69, 9.17) is 58.8 Å². The van der Waals surface area contributed by atoms with Gasteiger partial charge in [-0.2, -0.15) is 0 Å². The van der Waals surface area contributed by atoms with Gasteiger partial charge in [0.05, 0.1) is 123 Å². The van der Waals surface area contributed by atoms with Crippen LogP contribution in [0.4, 0.5) is 0 Å². The fourth-order valence-electron chi connectivity index (χ4n) is 18.2. The molecule has 0 bridgehead atoms. The van der Waals surface area contributed by atoms with Gasteiger partial charge in [0.25, 0.3) is 0 Å². The van der Waals surface area contributed by atoms with Crippen LogP contribution in [0.2, 0.25) is 0 Å². The van der Waals surface area contributed by atoms with E-state index in [2.05, 4.69) is 4.99 Å². The highest BCUT2D eigenvalue weighted by Gasteiger charge is 2.58. The van der Waals surface area contributed by atoms with Gasteiger partial charge in [0.2, 0.25) is 0 Å². The standard InChI is InChI=1S/C55H103N3O17.C35H61NO12/c1-7-8-19-43-49(69)33(3)22-23-38(61)17-11-16-37(60)18-12-20-44(66)34(4)26-47(73-54-51(71)50(70)48(31-59)74-54)46(68)30-42(65)29-41(64)28-40(63)27-39(62)15-10-9-14-32(2)25-35(5)52(75-53(43)72)36(6)45(67)21-13-24-58-55(56)57;1-16-14-35(15-43-35)32(40)19(4)27(37)18(3)22(7)46-33(41)21(6)31(47-26-13-25(42-11)28(38)23(8)45-26)20(5)30(16)48-34-29(39)24(36(9)10)12-17(2)44-34/h25-26,33,35-52,54,59-71H,7-24,27-31H2,1-6H3,(H4,56,57,58);16-31,34,37-39H,12-15H2,1-11H3/b32-25+,34-26+;/t33?,35?,36?,37?,38?,39?,40?,41?,42?,43?,44?,45?,46?,47?,48-,49?,50-,51+,52?,54+;16-,17+,18-,19+,20+,21+,22+,23-,24-,25-,26-,27-,28-,29+,30-,31-,34-,35-/m10/s1. The lowest BCUT2D eigenvalue weighted by Gasteiger charge is -2.46. The van der Waals surface area contributed by atoms with Crippen LogP contribution in [0.5, 0.6) is 0 Å². The number of methoxy groups -OCH3 is 1. The average molecular weight is 1770 g/mol. The van der Waals surface area contributed by atoms with Crippen LogP contribution in [-0.2, 0) is 61.8 Å². The number of esters is 2. The SMILES string of the molecule is CCCCC1C(=O)OC(C(C)C(O)CCCN=C(N)N)C(C)/C=C(\C)CCCCC(O)CC(O)CC(O)CC(O)CC(O)C(O[C@H]2O[C@H](CO)[C@@H](O)[C@@H]2O)/C=C(\C)C(O)CCCC(O)CCCC(O)CCC(C)C1O.CO[C@H]1C[C@H](O[C@H]2[C@H](C)[C@@H](O[C@@H]3O[C@H](C)C[C@H](N(C)C)[C@H]3O)[C@@H](C)C[C@]3(CO3)C(=O)[C@H](C)[C@@H](O)[C@@H](C)[C@@H](C)OC(=O)[C@@H]2C)O[C@@H](C)[C@@H]1O. The number of epoxide rings is 1. The molecule has 38 atom stereocenters. The largest absolute Gasteiger partial charge is 0.462 e. The third kappa shape index (κ3) is 34.6. The quantitative estimate of drug-likeness (QED) is 0.0229. The molecule has 6 aliphatic rings. The van der Waals surface area contributed by atoms with Crippen LogP contribution in [0, 0.1) is 53.3 Å². The maximum Gasteiger partial charge on any atom is 0.311 e. The molecule has 0 aromatic heterocycles. The third-order valence-electron chi connectivity index (χ3n) is 26.6. The lowest BCUT2D eigenvalue weighted by atomic mass is 9.76. The Balaban J connectivity index is 0.000000479. The van der Waals surface area contributed by atoms with Crippen LogP contribution in [-0.4, -0.2) is 328 Å². The molecule has 0 amide bonds. The number of allylic oxidation sites excluding steroid dienone is 1. The summed E-state index contributed by atoms with van der Waals surface area (Å²) in [4.78, 5) is 47.9. The number of Topliss-reactive ketones (excluding diaryl/α,β-unsaturated/α-hetero) is 1. The molecule has 33 heteroatoms. The first kappa shape index (κ1) is 110. The molecule has 20 N–H and O–H groups in total. The average Bonchev–Trinajstić information content (AvgIpc) is 1.53. The van der Waals surface area contributed by atoms with Crippen LogP contribution in [0.1, 0.15) is 251 Å². The lowest BCUT2D eigenvalue weighted by Crippen LogP contribution is -2.57. The van der Waals surface area contributed by atoms with E-state index in [1.807, 2.05) is 80.5 Å². The van der Waals surface area contributed by atoms with Crippen molar-refractivity contribution in [2.45, 2.75) is 428 Å². The minimum Gasteiger partial charge on any atom is -0.462 e. The molecule has 0 radical (unpaired) electrons. The lowest BCUT2D eigenvalue weighted by molar-refractivity contribution is -0.299. The summed E-state index contributed by atoms with van der Waals surface area (Å²) in [6.07, 6.45) is -14.6. The molecule has 33 nitrogen and oxygen atoms in total. The van der Waals surface area contributed by atoms with Gasteiger partial charge in [0.1, 0.15) is 48.8 Å².